The molecule has 0 rings (SSSR count). The van der Waals surface area contributed by atoms with E-state index in [1.807, 2.05) is 6.21 Å². The molecule has 0 N–H and O–H groups in total. The summed E-state index contributed by atoms with van der Waals surface area (Å²) in [4.78, 5) is 4.38. The van der Waals surface area contributed by atoms with Gasteiger partial charge in [-0.25, -0.2) is 0 Å². The number of nitrogens with zero attached hydrogens (tertiary/aromatic N) is 1. The van der Waals surface area contributed by atoms with Crippen LogP contribution in [-0.4, -0.2) is 42.9 Å². The number of aliphatic imine (C=N–C) groups is 1. The molecule has 0 unspecified atom stereocenters. The Balaban J connectivity index is 3.61. The van der Waals surface area contributed by atoms with Crippen molar-refractivity contribution in [2.45, 2.75) is 45.1 Å². The molecular weight excluding hydrogens is 234 g/mol. The second-order valence-corrected chi connectivity index (χ2v) is 7.07. The van der Waals surface area contributed by atoms with Gasteiger partial charge in [-0.3, -0.25) is 4.99 Å². The SMILES string of the molecule is CCCCCC=NCCC[Si](OC)(OC)OC. The zero-order valence-electron chi connectivity index (χ0n) is 11.7. The Bertz CT molecular complexity index is 188. The minimum Gasteiger partial charge on any atom is -0.377 e. The lowest BCUT2D eigenvalue weighted by molar-refractivity contribution is 0.123. The van der Waals surface area contributed by atoms with Crippen LogP contribution >= 0.6 is 0 Å². The van der Waals surface area contributed by atoms with Gasteiger partial charge in [0.1, 0.15) is 0 Å². The van der Waals surface area contributed by atoms with Crippen LogP contribution in [0.1, 0.15) is 39.0 Å². The van der Waals surface area contributed by atoms with Gasteiger partial charge in [-0.2, -0.15) is 0 Å². The van der Waals surface area contributed by atoms with Gasteiger partial charge in [-0.15, -0.1) is 0 Å². The summed E-state index contributed by atoms with van der Waals surface area (Å²) in [6.07, 6.45) is 7.87. The molecule has 4 nitrogen and oxygen atoms in total. The van der Waals surface area contributed by atoms with Crippen molar-refractivity contribution in [1.82, 2.24) is 0 Å². The van der Waals surface area contributed by atoms with E-state index in [1.165, 1.54) is 19.3 Å². The van der Waals surface area contributed by atoms with E-state index < -0.39 is 8.80 Å². The first-order valence-electron chi connectivity index (χ1n) is 6.38. The smallest absolute Gasteiger partial charge is 0.377 e. The average molecular weight is 261 g/mol. The number of unbranched alkanes of at least 4 members (excludes halogenated alkanes) is 3. The van der Waals surface area contributed by atoms with Crippen LogP contribution < -0.4 is 0 Å². The molecule has 0 aliphatic rings. The van der Waals surface area contributed by atoms with Gasteiger partial charge in [0, 0.05) is 33.9 Å². The minimum atomic E-state index is -2.37. The van der Waals surface area contributed by atoms with Gasteiger partial charge in [-0.1, -0.05) is 19.8 Å². The van der Waals surface area contributed by atoms with E-state index in [-0.39, 0.29) is 0 Å². The van der Waals surface area contributed by atoms with Gasteiger partial charge in [0.05, 0.1) is 0 Å². The molecule has 17 heavy (non-hydrogen) atoms. The molecule has 0 atom stereocenters. The highest BCUT2D eigenvalue weighted by molar-refractivity contribution is 6.60. The topological polar surface area (TPSA) is 40.0 Å². The zero-order valence-corrected chi connectivity index (χ0v) is 12.7. The quantitative estimate of drug-likeness (QED) is 0.326. The van der Waals surface area contributed by atoms with E-state index in [4.69, 9.17) is 13.3 Å². The fraction of sp³-hybridized carbons (Fsp3) is 0.917. The van der Waals surface area contributed by atoms with E-state index >= 15 is 0 Å². The summed E-state index contributed by atoms with van der Waals surface area (Å²) in [7, 11) is 2.57. The standard InChI is InChI=1S/C12H27NO3Si/c1-5-6-7-8-10-13-11-9-12-17(14-2,15-3)16-4/h10H,5-9,11-12H2,1-4H3. The number of rotatable bonds is 11. The van der Waals surface area contributed by atoms with E-state index in [1.54, 1.807) is 21.3 Å². The van der Waals surface area contributed by atoms with Crippen LogP contribution in [0.5, 0.6) is 0 Å². The Morgan fingerprint density at radius 1 is 1.00 bits per heavy atom. The molecule has 0 spiro atoms. The van der Waals surface area contributed by atoms with Crippen molar-refractivity contribution >= 4 is 15.0 Å². The van der Waals surface area contributed by atoms with Gasteiger partial charge in [0.25, 0.3) is 0 Å². The van der Waals surface area contributed by atoms with Crippen molar-refractivity contribution in [3.05, 3.63) is 0 Å². The molecule has 0 aromatic carbocycles. The molecule has 0 aromatic rings. The highest BCUT2D eigenvalue weighted by Crippen LogP contribution is 2.14. The molecule has 0 aromatic heterocycles. The summed E-state index contributed by atoms with van der Waals surface area (Å²) < 4.78 is 16.0. The van der Waals surface area contributed by atoms with Gasteiger partial charge in [-0.05, 0) is 25.5 Å². The molecule has 0 aliphatic heterocycles. The molecule has 102 valence electrons. The van der Waals surface area contributed by atoms with Gasteiger partial charge < -0.3 is 13.3 Å². The average Bonchev–Trinajstić information content (AvgIpc) is 2.38. The van der Waals surface area contributed by atoms with Crippen LogP contribution in [0.3, 0.4) is 0 Å². The zero-order chi connectivity index (χ0) is 13.0. The van der Waals surface area contributed by atoms with E-state index in [9.17, 15) is 0 Å². The van der Waals surface area contributed by atoms with Crippen LogP contribution in [-0.2, 0) is 13.3 Å². The Kier molecular flexibility index (Phi) is 10.7. The van der Waals surface area contributed by atoms with Crippen molar-refractivity contribution < 1.29 is 13.3 Å². The van der Waals surface area contributed by atoms with Gasteiger partial charge >= 0.3 is 8.80 Å². The molecule has 0 aliphatic carbocycles. The fourth-order valence-corrected chi connectivity index (χ4v) is 3.31. The first-order chi connectivity index (χ1) is 8.24. The Morgan fingerprint density at radius 3 is 2.18 bits per heavy atom. The van der Waals surface area contributed by atoms with E-state index in [0.717, 1.165) is 25.4 Å². The second kappa shape index (κ2) is 10.9. The predicted molar refractivity (Wildman–Crippen MR) is 73.7 cm³/mol. The highest BCUT2D eigenvalue weighted by Gasteiger charge is 2.36. The van der Waals surface area contributed by atoms with Crippen LogP contribution in [0.4, 0.5) is 0 Å². The maximum absolute atomic E-state index is 5.34. The lowest BCUT2D eigenvalue weighted by Crippen LogP contribution is -2.42. The largest absolute Gasteiger partial charge is 0.500 e. The summed E-state index contributed by atoms with van der Waals surface area (Å²) in [5.41, 5.74) is 0. The van der Waals surface area contributed by atoms with Gasteiger partial charge in [0.15, 0.2) is 0 Å². The lowest BCUT2D eigenvalue weighted by Gasteiger charge is -2.23. The Hall–Kier alpha value is -0.233. The van der Waals surface area contributed by atoms with Crippen molar-refractivity contribution in [2.75, 3.05) is 27.9 Å². The Labute approximate surface area is 107 Å². The normalized spacial score (nSPS) is 12.5. The lowest BCUT2D eigenvalue weighted by atomic mass is 10.2. The van der Waals surface area contributed by atoms with Crippen molar-refractivity contribution in [1.29, 1.82) is 0 Å². The second-order valence-electron chi connectivity index (χ2n) is 3.98. The molecular formula is C12H27NO3Si. The van der Waals surface area contributed by atoms with Crippen LogP contribution in [0.15, 0.2) is 4.99 Å². The molecule has 0 saturated heterocycles. The summed E-state index contributed by atoms with van der Waals surface area (Å²) in [5, 5.41) is 0. The highest BCUT2D eigenvalue weighted by atomic mass is 28.4. The molecule has 0 bridgehead atoms. The molecule has 0 amide bonds. The van der Waals surface area contributed by atoms with Gasteiger partial charge in [0.2, 0.25) is 0 Å². The van der Waals surface area contributed by atoms with Crippen molar-refractivity contribution in [2.24, 2.45) is 4.99 Å². The summed E-state index contributed by atoms with van der Waals surface area (Å²) >= 11 is 0. The third-order valence-corrected chi connectivity index (χ3v) is 5.60. The fourth-order valence-electron chi connectivity index (χ4n) is 1.61. The molecule has 0 saturated carbocycles. The number of hydrogen-bond acceptors (Lipinski definition) is 4. The molecule has 0 heterocycles. The summed E-state index contributed by atoms with van der Waals surface area (Å²) in [5.74, 6) is 0. The van der Waals surface area contributed by atoms with E-state index in [2.05, 4.69) is 11.9 Å². The first kappa shape index (κ1) is 16.8. The molecule has 5 heteroatoms. The first-order valence-corrected chi connectivity index (χ1v) is 8.31. The van der Waals surface area contributed by atoms with E-state index in [0.29, 0.717) is 0 Å². The van der Waals surface area contributed by atoms with Crippen molar-refractivity contribution in [3.63, 3.8) is 0 Å². The van der Waals surface area contributed by atoms with Crippen LogP contribution in [0.25, 0.3) is 0 Å². The van der Waals surface area contributed by atoms with Crippen molar-refractivity contribution in [3.8, 4) is 0 Å². The Morgan fingerprint density at radius 2 is 1.65 bits per heavy atom. The third kappa shape index (κ3) is 7.65. The molecule has 0 fully saturated rings. The predicted octanol–water partition coefficient (Wildman–Crippen LogP) is 2.91. The van der Waals surface area contributed by atoms with Crippen LogP contribution in [0.2, 0.25) is 6.04 Å². The third-order valence-electron chi connectivity index (χ3n) is 2.77. The molecule has 0 radical (unpaired) electrons. The maximum Gasteiger partial charge on any atom is 0.500 e. The minimum absolute atomic E-state index is 0.822. The number of hydrogen-bond donors (Lipinski definition) is 0. The van der Waals surface area contributed by atoms with Crippen LogP contribution in [0, 0.1) is 0 Å². The summed E-state index contributed by atoms with van der Waals surface area (Å²) in [6, 6.07) is 0.822. The maximum atomic E-state index is 5.34. The summed E-state index contributed by atoms with van der Waals surface area (Å²) in [6.45, 7) is 3.04. The monoisotopic (exact) mass is 261 g/mol.